The summed E-state index contributed by atoms with van der Waals surface area (Å²) in [5.74, 6) is 1.29. The first-order valence-corrected chi connectivity index (χ1v) is 9.43. The van der Waals surface area contributed by atoms with Crippen molar-refractivity contribution in [3.05, 3.63) is 35.1 Å². The Morgan fingerprint density at radius 2 is 2.19 bits per heavy atom. The number of aromatic nitrogens is 4. The molecule has 2 aromatic heterocycles. The zero-order chi connectivity index (χ0) is 19.0. The van der Waals surface area contributed by atoms with Crippen LogP contribution in [0.25, 0.3) is 16.7 Å². The third-order valence-corrected chi connectivity index (χ3v) is 5.11. The van der Waals surface area contributed by atoms with Crippen molar-refractivity contribution in [3.63, 3.8) is 0 Å². The molecule has 0 spiro atoms. The number of aryl methyl sites for hydroxylation is 1. The van der Waals surface area contributed by atoms with Gasteiger partial charge in [-0.15, -0.1) is 5.10 Å². The Bertz CT molecular complexity index is 972. The number of piperidine rings is 1. The molecule has 0 saturated carbocycles. The van der Waals surface area contributed by atoms with Gasteiger partial charge in [-0.05, 0) is 45.0 Å². The van der Waals surface area contributed by atoms with Gasteiger partial charge in [0.1, 0.15) is 11.4 Å². The Balaban J connectivity index is 1.66. The van der Waals surface area contributed by atoms with Crippen LogP contribution in [0.2, 0.25) is 5.02 Å². The number of benzene rings is 1. The first-order chi connectivity index (χ1) is 13.0. The SMILES string of the molecule is COc1cc(Cl)cc(C)c1-n1cc2cnc(N[C@@H]3CCCN(C)C3)nc2n1. The molecule has 1 aromatic carbocycles. The van der Waals surface area contributed by atoms with Gasteiger partial charge in [0.25, 0.3) is 0 Å². The molecule has 1 fully saturated rings. The van der Waals surface area contributed by atoms with E-state index in [-0.39, 0.29) is 0 Å². The van der Waals surface area contributed by atoms with Gasteiger partial charge in [0.15, 0.2) is 5.65 Å². The topological polar surface area (TPSA) is 68.1 Å². The van der Waals surface area contributed by atoms with Crippen molar-refractivity contribution >= 4 is 28.6 Å². The molecule has 3 aromatic rings. The van der Waals surface area contributed by atoms with E-state index in [1.165, 1.54) is 6.42 Å². The van der Waals surface area contributed by atoms with E-state index in [0.717, 1.165) is 36.1 Å². The van der Waals surface area contributed by atoms with Crippen molar-refractivity contribution in [3.8, 4) is 11.4 Å². The number of hydrogen-bond donors (Lipinski definition) is 1. The zero-order valence-corrected chi connectivity index (χ0v) is 16.5. The second kappa shape index (κ2) is 7.32. The number of nitrogens with zero attached hydrogens (tertiary/aromatic N) is 5. The lowest BCUT2D eigenvalue weighted by molar-refractivity contribution is 0.260. The van der Waals surface area contributed by atoms with Crippen molar-refractivity contribution in [2.45, 2.75) is 25.8 Å². The Morgan fingerprint density at radius 3 is 2.96 bits per heavy atom. The van der Waals surface area contributed by atoms with Crippen molar-refractivity contribution in [2.24, 2.45) is 0 Å². The van der Waals surface area contributed by atoms with E-state index in [9.17, 15) is 0 Å². The number of ether oxygens (including phenoxy) is 1. The van der Waals surface area contributed by atoms with Gasteiger partial charge >= 0.3 is 0 Å². The van der Waals surface area contributed by atoms with Gasteiger partial charge in [0.05, 0.1) is 12.5 Å². The smallest absolute Gasteiger partial charge is 0.225 e. The van der Waals surface area contributed by atoms with Crippen molar-refractivity contribution < 1.29 is 4.74 Å². The van der Waals surface area contributed by atoms with Crippen LogP contribution >= 0.6 is 11.6 Å². The van der Waals surface area contributed by atoms with Gasteiger partial charge in [-0.25, -0.2) is 9.67 Å². The maximum Gasteiger partial charge on any atom is 0.225 e. The molecule has 1 aliphatic heterocycles. The summed E-state index contributed by atoms with van der Waals surface area (Å²) in [6.45, 7) is 4.12. The highest BCUT2D eigenvalue weighted by molar-refractivity contribution is 6.30. The number of likely N-dealkylation sites (N-methyl/N-ethyl adjacent to an activating group) is 1. The Labute approximate surface area is 163 Å². The molecule has 27 heavy (non-hydrogen) atoms. The quantitative estimate of drug-likeness (QED) is 0.742. The van der Waals surface area contributed by atoms with E-state index in [1.54, 1.807) is 24.1 Å². The summed E-state index contributed by atoms with van der Waals surface area (Å²) in [4.78, 5) is 11.4. The summed E-state index contributed by atoms with van der Waals surface area (Å²) in [5.41, 5.74) is 2.47. The molecule has 142 valence electrons. The number of rotatable bonds is 4. The number of hydrogen-bond acceptors (Lipinski definition) is 6. The number of anilines is 1. The fraction of sp³-hybridized carbons (Fsp3) is 0.421. The highest BCUT2D eigenvalue weighted by Gasteiger charge is 2.18. The average Bonchev–Trinajstić information content (AvgIpc) is 3.03. The lowest BCUT2D eigenvalue weighted by Crippen LogP contribution is -2.40. The fourth-order valence-electron chi connectivity index (χ4n) is 3.62. The average molecular weight is 387 g/mol. The van der Waals surface area contributed by atoms with Crippen LogP contribution in [0.15, 0.2) is 24.5 Å². The standard InChI is InChI=1S/C19H23ClN6O/c1-12-7-14(20)8-16(27-3)17(12)26-10-13-9-21-19(23-18(13)24-26)22-15-5-4-6-25(2)11-15/h7-10,15H,4-6,11H2,1-3H3,(H,22,23,24)/t15-/m1/s1. The van der Waals surface area contributed by atoms with E-state index < -0.39 is 0 Å². The summed E-state index contributed by atoms with van der Waals surface area (Å²) in [5, 5.41) is 9.59. The van der Waals surface area contributed by atoms with Gasteiger partial charge in [-0.1, -0.05) is 11.6 Å². The van der Waals surface area contributed by atoms with Crippen molar-refractivity contribution in [2.75, 3.05) is 32.6 Å². The predicted octanol–water partition coefficient (Wildman–Crippen LogP) is 3.29. The fourth-order valence-corrected chi connectivity index (χ4v) is 3.88. The molecule has 4 rings (SSSR count). The molecule has 1 aliphatic rings. The van der Waals surface area contributed by atoms with E-state index in [1.807, 2.05) is 19.2 Å². The maximum absolute atomic E-state index is 6.15. The minimum Gasteiger partial charge on any atom is -0.494 e. The highest BCUT2D eigenvalue weighted by Crippen LogP contribution is 2.31. The first kappa shape index (κ1) is 18.0. The van der Waals surface area contributed by atoms with Gasteiger partial charge in [-0.3, -0.25) is 0 Å². The van der Waals surface area contributed by atoms with Crippen molar-refractivity contribution in [1.82, 2.24) is 24.6 Å². The molecule has 0 amide bonds. The summed E-state index contributed by atoms with van der Waals surface area (Å²) >= 11 is 6.15. The van der Waals surface area contributed by atoms with Crippen molar-refractivity contribution in [1.29, 1.82) is 0 Å². The maximum atomic E-state index is 6.15. The van der Waals surface area contributed by atoms with Crippen LogP contribution in [0.3, 0.4) is 0 Å². The lowest BCUT2D eigenvalue weighted by atomic mass is 10.1. The molecule has 0 bridgehead atoms. The lowest BCUT2D eigenvalue weighted by Gasteiger charge is -2.30. The van der Waals surface area contributed by atoms with Gasteiger partial charge in [-0.2, -0.15) is 4.98 Å². The van der Waals surface area contributed by atoms with Crippen LogP contribution in [0, 0.1) is 6.92 Å². The molecule has 0 aliphatic carbocycles. The highest BCUT2D eigenvalue weighted by atomic mass is 35.5. The predicted molar refractivity (Wildman–Crippen MR) is 107 cm³/mol. The number of likely N-dealkylation sites (tertiary alicyclic amines) is 1. The molecular formula is C19H23ClN6O. The minimum atomic E-state index is 0.363. The third-order valence-electron chi connectivity index (χ3n) is 4.90. The van der Waals surface area contributed by atoms with Crippen LogP contribution in [0.4, 0.5) is 5.95 Å². The number of fused-ring (bicyclic) bond motifs is 1. The second-order valence-electron chi connectivity index (χ2n) is 7.07. The second-order valence-corrected chi connectivity index (χ2v) is 7.50. The number of methoxy groups -OCH3 is 1. The number of nitrogens with one attached hydrogen (secondary N) is 1. The summed E-state index contributed by atoms with van der Waals surface area (Å²) in [6.07, 6.45) is 6.02. The first-order valence-electron chi connectivity index (χ1n) is 9.05. The molecule has 1 saturated heterocycles. The van der Waals surface area contributed by atoms with E-state index in [2.05, 4.69) is 32.3 Å². The Kier molecular flexibility index (Phi) is 4.88. The molecule has 0 radical (unpaired) electrons. The zero-order valence-electron chi connectivity index (χ0n) is 15.7. The van der Waals surface area contributed by atoms with Crippen LogP contribution in [0.5, 0.6) is 5.75 Å². The van der Waals surface area contributed by atoms with Crippen LogP contribution in [0.1, 0.15) is 18.4 Å². The van der Waals surface area contributed by atoms with E-state index in [0.29, 0.717) is 28.4 Å². The number of halogens is 1. The third kappa shape index (κ3) is 3.70. The summed E-state index contributed by atoms with van der Waals surface area (Å²) in [6, 6.07) is 4.04. The Hall–Kier alpha value is -2.38. The molecule has 7 nitrogen and oxygen atoms in total. The molecule has 8 heteroatoms. The van der Waals surface area contributed by atoms with E-state index >= 15 is 0 Å². The summed E-state index contributed by atoms with van der Waals surface area (Å²) in [7, 11) is 3.77. The van der Waals surface area contributed by atoms with E-state index in [4.69, 9.17) is 16.3 Å². The van der Waals surface area contributed by atoms with Gasteiger partial charge < -0.3 is 15.0 Å². The van der Waals surface area contributed by atoms with Crippen LogP contribution < -0.4 is 10.1 Å². The largest absolute Gasteiger partial charge is 0.494 e. The monoisotopic (exact) mass is 386 g/mol. The van der Waals surface area contributed by atoms with Gasteiger partial charge in [0.2, 0.25) is 5.95 Å². The molecule has 3 heterocycles. The molecule has 0 unspecified atom stereocenters. The molecular weight excluding hydrogens is 364 g/mol. The van der Waals surface area contributed by atoms with Gasteiger partial charge in [0, 0.05) is 36.1 Å². The Morgan fingerprint density at radius 1 is 1.33 bits per heavy atom. The summed E-state index contributed by atoms with van der Waals surface area (Å²) < 4.78 is 7.27. The van der Waals surface area contributed by atoms with Crippen LogP contribution in [-0.2, 0) is 0 Å². The molecule has 1 N–H and O–H groups in total. The minimum absolute atomic E-state index is 0.363. The normalized spacial score (nSPS) is 18.0. The molecule has 1 atom stereocenters. The van der Waals surface area contributed by atoms with Crippen LogP contribution in [-0.4, -0.2) is 57.9 Å².